The lowest BCUT2D eigenvalue weighted by atomic mass is 10.1. The third-order valence-corrected chi connectivity index (χ3v) is 4.68. The summed E-state index contributed by atoms with van der Waals surface area (Å²) in [4.78, 5) is 8.92. The predicted octanol–water partition coefficient (Wildman–Crippen LogP) is 4.62. The molecule has 10 heteroatoms. The highest BCUT2D eigenvalue weighted by Gasteiger charge is 2.30. The van der Waals surface area contributed by atoms with Gasteiger partial charge in [0.1, 0.15) is 24.9 Å². The van der Waals surface area contributed by atoms with E-state index in [9.17, 15) is 13.2 Å². The molecular weight excluding hydrogens is 439 g/mol. The van der Waals surface area contributed by atoms with Gasteiger partial charge in [-0.05, 0) is 30.7 Å². The van der Waals surface area contributed by atoms with E-state index in [4.69, 9.17) is 18.9 Å². The Morgan fingerprint density at radius 3 is 2.18 bits per heavy atom. The van der Waals surface area contributed by atoms with Gasteiger partial charge in [0.25, 0.3) is 0 Å². The molecular formula is C23H26F3N3O4. The van der Waals surface area contributed by atoms with Gasteiger partial charge in [0.05, 0.1) is 24.3 Å². The second kappa shape index (κ2) is 11.2. The van der Waals surface area contributed by atoms with Gasteiger partial charge in [0.15, 0.2) is 11.5 Å². The Hall–Kier alpha value is -3.11. The van der Waals surface area contributed by atoms with Crippen molar-refractivity contribution in [1.29, 1.82) is 0 Å². The smallest absolute Gasteiger partial charge is 0.416 e. The summed E-state index contributed by atoms with van der Waals surface area (Å²) in [5.41, 5.74) is 0.392. The van der Waals surface area contributed by atoms with E-state index in [-0.39, 0.29) is 6.54 Å². The molecule has 1 heterocycles. The van der Waals surface area contributed by atoms with Crippen molar-refractivity contribution in [2.75, 3.05) is 46.0 Å². The van der Waals surface area contributed by atoms with Crippen LogP contribution in [0.3, 0.4) is 0 Å². The van der Waals surface area contributed by atoms with Gasteiger partial charge >= 0.3 is 6.18 Å². The predicted molar refractivity (Wildman–Crippen MR) is 118 cm³/mol. The number of anilines is 1. The molecule has 0 aliphatic heterocycles. The number of aryl methyl sites for hydroxylation is 1. The van der Waals surface area contributed by atoms with Crippen molar-refractivity contribution in [3.05, 3.63) is 53.3 Å². The number of ether oxygens (including phenoxy) is 4. The lowest BCUT2D eigenvalue weighted by Crippen LogP contribution is -2.10. The number of aromatic nitrogens is 2. The molecule has 0 atom stereocenters. The molecule has 0 aliphatic rings. The molecule has 0 bridgehead atoms. The molecule has 178 valence electrons. The van der Waals surface area contributed by atoms with Gasteiger partial charge in [-0.1, -0.05) is 12.1 Å². The van der Waals surface area contributed by atoms with Crippen LogP contribution < -0.4 is 14.8 Å². The van der Waals surface area contributed by atoms with Gasteiger partial charge in [-0.2, -0.15) is 13.2 Å². The molecule has 0 spiro atoms. The maximum Gasteiger partial charge on any atom is 0.416 e. The van der Waals surface area contributed by atoms with Crippen molar-refractivity contribution in [2.24, 2.45) is 0 Å². The third kappa shape index (κ3) is 6.69. The zero-order chi connectivity index (χ0) is 23.8. The molecule has 1 N–H and O–H groups in total. The van der Waals surface area contributed by atoms with Crippen molar-refractivity contribution in [1.82, 2.24) is 9.97 Å². The Bertz CT molecular complexity index is 1080. The van der Waals surface area contributed by atoms with E-state index in [2.05, 4.69) is 15.3 Å². The highest BCUT2D eigenvalue weighted by molar-refractivity contribution is 5.91. The average molecular weight is 465 g/mol. The van der Waals surface area contributed by atoms with Gasteiger partial charge in [-0.3, -0.25) is 0 Å². The van der Waals surface area contributed by atoms with Crippen LogP contribution in [0.4, 0.5) is 19.0 Å². The van der Waals surface area contributed by atoms with Gasteiger partial charge in [-0.25, -0.2) is 9.97 Å². The molecule has 1 aromatic heterocycles. The highest BCUT2D eigenvalue weighted by Crippen LogP contribution is 2.35. The lowest BCUT2D eigenvalue weighted by Gasteiger charge is -2.16. The number of hydrogen-bond donors (Lipinski definition) is 1. The minimum absolute atomic E-state index is 0.154. The number of hydrogen-bond acceptors (Lipinski definition) is 7. The van der Waals surface area contributed by atoms with E-state index < -0.39 is 11.7 Å². The SMILES string of the molecule is COCCOc1cc2nc(C)nc(NCc3cccc(C(F)(F)F)c3)c2cc1OCCOC. The van der Waals surface area contributed by atoms with Crippen LogP contribution in [0.25, 0.3) is 10.9 Å². The molecule has 7 nitrogen and oxygen atoms in total. The molecule has 33 heavy (non-hydrogen) atoms. The molecule has 0 radical (unpaired) electrons. The Morgan fingerprint density at radius 2 is 1.55 bits per heavy atom. The summed E-state index contributed by atoms with van der Waals surface area (Å²) < 4.78 is 60.8. The normalized spacial score (nSPS) is 11.6. The van der Waals surface area contributed by atoms with Crippen LogP contribution in [0.15, 0.2) is 36.4 Å². The molecule has 2 aromatic carbocycles. The first-order chi connectivity index (χ1) is 15.8. The second-order valence-electron chi connectivity index (χ2n) is 7.17. The molecule has 3 aromatic rings. The van der Waals surface area contributed by atoms with Crippen LogP contribution in [0.2, 0.25) is 0 Å². The summed E-state index contributed by atoms with van der Waals surface area (Å²) in [7, 11) is 3.16. The monoisotopic (exact) mass is 465 g/mol. The number of halogens is 3. The van der Waals surface area contributed by atoms with Gasteiger partial charge < -0.3 is 24.3 Å². The zero-order valence-corrected chi connectivity index (χ0v) is 18.7. The third-order valence-electron chi connectivity index (χ3n) is 4.68. The fraction of sp³-hybridized carbons (Fsp3) is 0.391. The summed E-state index contributed by atoms with van der Waals surface area (Å²) in [6, 6.07) is 8.67. The number of rotatable bonds is 11. The minimum atomic E-state index is -4.40. The van der Waals surface area contributed by atoms with Crippen molar-refractivity contribution < 1.29 is 32.1 Å². The maximum absolute atomic E-state index is 13.0. The van der Waals surface area contributed by atoms with Crippen molar-refractivity contribution in [3.63, 3.8) is 0 Å². The Morgan fingerprint density at radius 1 is 0.879 bits per heavy atom. The van der Waals surface area contributed by atoms with Crippen LogP contribution in [-0.4, -0.2) is 50.6 Å². The summed E-state index contributed by atoms with van der Waals surface area (Å²) in [6.45, 7) is 3.32. The molecule has 0 saturated heterocycles. The first-order valence-electron chi connectivity index (χ1n) is 10.3. The highest BCUT2D eigenvalue weighted by atomic mass is 19.4. The van der Waals surface area contributed by atoms with E-state index in [0.717, 1.165) is 12.1 Å². The minimum Gasteiger partial charge on any atom is -0.487 e. The molecule has 0 fully saturated rings. The van der Waals surface area contributed by atoms with E-state index in [0.29, 0.717) is 66.0 Å². The topological polar surface area (TPSA) is 74.7 Å². The molecule has 0 amide bonds. The van der Waals surface area contributed by atoms with Crippen LogP contribution in [-0.2, 0) is 22.2 Å². The fourth-order valence-electron chi connectivity index (χ4n) is 3.13. The van der Waals surface area contributed by atoms with Crippen molar-refractivity contribution in [3.8, 4) is 11.5 Å². The zero-order valence-electron chi connectivity index (χ0n) is 18.7. The van der Waals surface area contributed by atoms with Crippen LogP contribution in [0, 0.1) is 6.92 Å². The number of alkyl halides is 3. The quantitative estimate of drug-likeness (QED) is 0.414. The largest absolute Gasteiger partial charge is 0.487 e. The Balaban J connectivity index is 1.91. The number of benzene rings is 2. The Labute approximate surface area is 189 Å². The summed E-state index contributed by atoms with van der Waals surface area (Å²) in [5, 5.41) is 3.78. The van der Waals surface area contributed by atoms with Crippen LogP contribution >= 0.6 is 0 Å². The standard InChI is InChI=1S/C23H26F3N3O4/c1-15-28-19-13-21(33-10-8-31-3)20(32-9-7-30-2)12-18(19)22(29-15)27-14-16-5-4-6-17(11-16)23(24,25)26/h4-6,11-13H,7-10,14H2,1-3H3,(H,27,28,29). The van der Waals surface area contributed by atoms with Crippen LogP contribution in [0.5, 0.6) is 11.5 Å². The number of fused-ring (bicyclic) bond motifs is 1. The van der Waals surface area contributed by atoms with Gasteiger partial charge in [0, 0.05) is 32.2 Å². The van der Waals surface area contributed by atoms with Crippen molar-refractivity contribution >= 4 is 16.7 Å². The van der Waals surface area contributed by atoms with E-state index in [1.807, 2.05) is 0 Å². The van der Waals surface area contributed by atoms with E-state index in [1.54, 1.807) is 39.3 Å². The first kappa shape index (κ1) is 24.5. The summed E-state index contributed by atoms with van der Waals surface area (Å²) in [6.07, 6.45) is -4.40. The van der Waals surface area contributed by atoms with Gasteiger partial charge in [-0.15, -0.1) is 0 Å². The van der Waals surface area contributed by atoms with Gasteiger partial charge in [0.2, 0.25) is 0 Å². The Kier molecular flexibility index (Phi) is 8.29. The van der Waals surface area contributed by atoms with E-state index in [1.165, 1.54) is 6.07 Å². The average Bonchev–Trinajstić information content (AvgIpc) is 2.77. The number of methoxy groups -OCH3 is 2. The first-order valence-corrected chi connectivity index (χ1v) is 10.3. The van der Waals surface area contributed by atoms with E-state index >= 15 is 0 Å². The molecule has 3 rings (SSSR count). The number of nitrogens with zero attached hydrogens (tertiary/aromatic N) is 2. The van der Waals surface area contributed by atoms with Crippen molar-refractivity contribution in [2.45, 2.75) is 19.6 Å². The second-order valence-corrected chi connectivity index (χ2v) is 7.17. The molecule has 0 aliphatic carbocycles. The number of nitrogens with one attached hydrogen (secondary N) is 1. The summed E-state index contributed by atoms with van der Waals surface area (Å²) in [5.74, 6) is 1.96. The molecule has 0 saturated carbocycles. The maximum atomic E-state index is 13.0. The fourth-order valence-corrected chi connectivity index (χ4v) is 3.13. The summed E-state index contributed by atoms with van der Waals surface area (Å²) >= 11 is 0. The lowest BCUT2D eigenvalue weighted by molar-refractivity contribution is -0.137. The van der Waals surface area contributed by atoms with Crippen LogP contribution in [0.1, 0.15) is 17.0 Å². The molecule has 0 unspecified atom stereocenters.